The van der Waals surface area contributed by atoms with Gasteiger partial charge in [0.1, 0.15) is 5.82 Å². The molecule has 1 heterocycles. The molecule has 0 spiro atoms. The van der Waals surface area contributed by atoms with Crippen LogP contribution in [0.15, 0.2) is 12.1 Å². The Bertz CT molecular complexity index is 528. The van der Waals surface area contributed by atoms with Crippen molar-refractivity contribution in [3.05, 3.63) is 28.5 Å². The average molecular weight is 270 g/mol. The van der Waals surface area contributed by atoms with Crippen LogP contribution in [0.4, 0.5) is 10.1 Å². The largest absolute Gasteiger partial charge is 0.305 e. The molecule has 18 heavy (non-hydrogen) atoms. The number of hydrogen-bond acceptors (Lipinski definition) is 2. The number of hydrogen-bond donors (Lipinski definition) is 0. The van der Waals surface area contributed by atoms with E-state index < -0.39 is 17.5 Å². The predicted octanol–water partition coefficient (Wildman–Crippen LogP) is 3.05. The van der Waals surface area contributed by atoms with E-state index in [4.69, 9.17) is 11.6 Å². The summed E-state index contributed by atoms with van der Waals surface area (Å²) in [4.78, 5) is 24.9. The van der Waals surface area contributed by atoms with E-state index in [2.05, 4.69) is 0 Å². The molecule has 96 valence electrons. The molecule has 3 nitrogen and oxygen atoms in total. The quantitative estimate of drug-likeness (QED) is 0.791. The van der Waals surface area contributed by atoms with Crippen LogP contribution in [-0.4, -0.2) is 18.2 Å². The zero-order chi connectivity index (χ0) is 13.4. The Labute approximate surface area is 110 Å². The van der Waals surface area contributed by atoms with Crippen molar-refractivity contribution in [2.75, 3.05) is 11.4 Å². The molecular formula is C13H13ClFNO2. The Morgan fingerprint density at radius 1 is 1.33 bits per heavy atom. The normalized spacial score (nSPS) is 14.6. The summed E-state index contributed by atoms with van der Waals surface area (Å²) in [5.41, 5.74) is 0.516. The highest BCUT2D eigenvalue weighted by atomic mass is 35.5. The van der Waals surface area contributed by atoms with Crippen molar-refractivity contribution in [3.63, 3.8) is 0 Å². The smallest absolute Gasteiger partial charge is 0.299 e. The fourth-order valence-corrected chi connectivity index (χ4v) is 2.06. The Morgan fingerprint density at radius 3 is 2.61 bits per heavy atom. The van der Waals surface area contributed by atoms with Gasteiger partial charge < -0.3 is 4.90 Å². The first kappa shape index (κ1) is 13.0. The average Bonchev–Trinajstić information content (AvgIpc) is 2.51. The number of fused-ring (bicyclic) bond motifs is 1. The minimum atomic E-state index is -0.618. The first-order valence-corrected chi connectivity index (χ1v) is 6.15. The van der Waals surface area contributed by atoms with E-state index in [0.29, 0.717) is 18.2 Å². The van der Waals surface area contributed by atoms with Gasteiger partial charge in [-0.05, 0) is 24.5 Å². The third-order valence-electron chi connectivity index (χ3n) is 2.94. The molecule has 1 aliphatic rings. The van der Waals surface area contributed by atoms with Crippen molar-refractivity contribution in [1.82, 2.24) is 0 Å². The van der Waals surface area contributed by atoms with Gasteiger partial charge in [-0.15, -0.1) is 0 Å². The van der Waals surface area contributed by atoms with Gasteiger partial charge in [-0.1, -0.05) is 25.4 Å². The number of amides is 1. The number of Topliss-reactive ketones (excluding diaryl/α,β-unsaturated/α-hetero) is 1. The van der Waals surface area contributed by atoms with Crippen LogP contribution in [0.2, 0.25) is 5.02 Å². The minimum Gasteiger partial charge on any atom is -0.305 e. The van der Waals surface area contributed by atoms with Gasteiger partial charge in [0.25, 0.3) is 11.7 Å². The molecule has 0 unspecified atom stereocenters. The number of nitrogens with zero attached hydrogens (tertiary/aromatic N) is 1. The molecule has 1 aromatic carbocycles. The molecular weight excluding hydrogens is 257 g/mol. The van der Waals surface area contributed by atoms with Crippen LogP contribution in [0.5, 0.6) is 0 Å². The molecule has 0 fully saturated rings. The number of carbonyl (C=O) groups excluding carboxylic acids is 2. The van der Waals surface area contributed by atoms with E-state index in [9.17, 15) is 14.0 Å². The second kappa shape index (κ2) is 4.69. The number of halogens is 2. The lowest BCUT2D eigenvalue weighted by atomic mass is 10.1. The Morgan fingerprint density at radius 2 is 2.00 bits per heavy atom. The maximum absolute atomic E-state index is 13.4. The van der Waals surface area contributed by atoms with Crippen LogP contribution in [0.3, 0.4) is 0 Å². The summed E-state index contributed by atoms with van der Waals surface area (Å²) in [7, 11) is 0. The maximum atomic E-state index is 13.4. The monoisotopic (exact) mass is 269 g/mol. The van der Waals surface area contributed by atoms with Gasteiger partial charge in [0.15, 0.2) is 0 Å². The third-order valence-corrected chi connectivity index (χ3v) is 3.23. The number of anilines is 1. The molecule has 0 radical (unpaired) electrons. The van der Waals surface area contributed by atoms with Gasteiger partial charge in [0.2, 0.25) is 0 Å². The van der Waals surface area contributed by atoms with Crippen molar-refractivity contribution < 1.29 is 14.0 Å². The first-order valence-electron chi connectivity index (χ1n) is 5.77. The van der Waals surface area contributed by atoms with Crippen molar-refractivity contribution >= 4 is 29.0 Å². The summed E-state index contributed by atoms with van der Waals surface area (Å²) in [6, 6.07) is 2.38. The molecule has 2 rings (SSSR count). The summed E-state index contributed by atoms with van der Waals surface area (Å²) >= 11 is 5.62. The van der Waals surface area contributed by atoms with E-state index in [1.165, 1.54) is 11.0 Å². The van der Waals surface area contributed by atoms with Crippen LogP contribution in [0, 0.1) is 11.7 Å². The van der Waals surface area contributed by atoms with Crippen LogP contribution in [0.25, 0.3) is 0 Å². The first-order chi connectivity index (χ1) is 8.41. The summed E-state index contributed by atoms with van der Waals surface area (Å²) < 4.78 is 13.4. The maximum Gasteiger partial charge on any atom is 0.299 e. The molecule has 1 amide bonds. The third kappa shape index (κ3) is 2.12. The topological polar surface area (TPSA) is 37.4 Å². The molecule has 0 saturated carbocycles. The van der Waals surface area contributed by atoms with Gasteiger partial charge in [0, 0.05) is 6.54 Å². The molecule has 0 N–H and O–H groups in total. The molecule has 5 heteroatoms. The van der Waals surface area contributed by atoms with E-state index >= 15 is 0 Å². The Hall–Kier alpha value is -1.42. The number of carbonyl (C=O) groups is 2. The molecule has 1 aliphatic heterocycles. The molecule has 0 aliphatic carbocycles. The lowest BCUT2D eigenvalue weighted by molar-refractivity contribution is -0.114. The SMILES string of the molecule is CC(C)CCN1C(=O)C(=O)c2cc(Cl)c(F)cc21. The lowest BCUT2D eigenvalue weighted by Gasteiger charge is -2.17. The summed E-state index contributed by atoms with van der Waals surface area (Å²) in [5.74, 6) is -1.44. The minimum absolute atomic E-state index is 0.138. The highest BCUT2D eigenvalue weighted by Crippen LogP contribution is 2.33. The van der Waals surface area contributed by atoms with Gasteiger partial charge >= 0.3 is 0 Å². The Kier molecular flexibility index (Phi) is 3.39. The van der Waals surface area contributed by atoms with Crippen molar-refractivity contribution in [2.24, 2.45) is 5.92 Å². The summed E-state index contributed by atoms with van der Waals surface area (Å²) in [6.07, 6.45) is 0.753. The molecule has 1 aromatic rings. The second-order valence-corrected chi connectivity index (χ2v) is 5.16. The van der Waals surface area contributed by atoms with E-state index in [1.54, 1.807) is 0 Å². The van der Waals surface area contributed by atoms with E-state index in [1.807, 2.05) is 13.8 Å². The molecule has 0 saturated heterocycles. The van der Waals surface area contributed by atoms with Gasteiger partial charge in [-0.25, -0.2) is 4.39 Å². The van der Waals surface area contributed by atoms with Crippen molar-refractivity contribution in [3.8, 4) is 0 Å². The van der Waals surface area contributed by atoms with Crippen molar-refractivity contribution in [2.45, 2.75) is 20.3 Å². The van der Waals surface area contributed by atoms with Gasteiger partial charge in [0.05, 0.1) is 16.3 Å². The number of ketones is 1. The Balaban J connectivity index is 2.38. The van der Waals surface area contributed by atoms with Crippen LogP contribution in [-0.2, 0) is 4.79 Å². The summed E-state index contributed by atoms with van der Waals surface area (Å²) in [5, 5.41) is -0.138. The molecule has 0 bridgehead atoms. The fraction of sp³-hybridized carbons (Fsp3) is 0.385. The predicted molar refractivity (Wildman–Crippen MR) is 67.5 cm³/mol. The fourth-order valence-electron chi connectivity index (χ4n) is 1.90. The zero-order valence-electron chi connectivity index (χ0n) is 10.2. The lowest BCUT2D eigenvalue weighted by Crippen LogP contribution is -2.31. The number of benzene rings is 1. The highest BCUT2D eigenvalue weighted by molar-refractivity contribution is 6.52. The van der Waals surface area contributed by atoms with Crippen molar-refractivity contribution in [1.29, 1.82) is 0 Å². The molecule has 0 atom stereocenters. The van der Waals surface area contributed by atoms with Crippen LogP contribution in [0.1, 0.15) is 30.6 Å². The molecule has 0 aromatic heterocycles. The zero-order valence-corrected chi connectivity index (χ0v) is 10.9. The standard InChI is InChI=1S/C13H13ClFNO2/c1-7(2)3-4-16-11-6-10(15)9(14)5-8(11)12(17)13(16)18/h5-7H,3-4H2,1-2H3. The highest BCUT2D eigenvalue weighted by Gasteiger charge is 2.36. The van der Waals surface area contributed by atoms with Crippen LogP contribution < -0.4 is 4.90 Å². The second-order valence-electron chi connectivity index (χ2n) is 4.75. The van der Waals surface area contributed by atoms with Gasteiger partial charge in [-0.2, -0.15) is 0 Å². The van der Waals surface area contributed by atoms with Gasteiger partial charge in [-0.3, -0.25) is 9.59 Å². The van der Waals surface area contributed by atoms with E-state index in [-0.39, 0.29) is 10.6 Å². The van der Waals surface area contributed by atoms with E-state index in [0.717, 1.165) is 12.5 Å². The van der Waals surface area contributed by atoms with Crippen LogP contribution >= 0.6 is 11.6 Å². The number of rotatable bonds is 3. The summed E-state index contributed by atoms with van der Waals surface area (Å²) in [6.45, 7) is 4.45.